The molecular weight excluding hydrogens is 392 g/mol. The molecule has 6 nitrogen and oxygen atoms in total. The molecule has 1 amide bonds. The van der Waals surface area contributed by atoms with E-state index in [1.807, 2.05) is 6.92 Å². The molecule has 150 valence electrons. The summed E-state index contributed by atoms with van der Waals surface area (Å²) in [5.41, 5.74) is 1.48. The van der Waals surface area contributed by atoms with E-state index in [0.29, 0.717) is 23.4 Å². The number of benzene rings is 2. The number of non-ortho nitro benzene ring substituents is 1. The van der Waals surface area contributed by atoms with Crippen molar-refractivity contribution in [2.45, 2.75) is 26.2 Å². The summed E-state index contributed by atoms with van der Waals surface area (Å²) in [4.78, 5) is 35.1. The highest BCUT2D eigenvalue weighted by Crippen LogP contribution is 2.15. The molecule has 7 heteroatoms. The molecule has 0 fully saturated rings. The largest absolute Gasteiger partial charge is 0.319 e. The number of Topliss-reactive ketones (excluding diaryl/α,β-unsaturated/α-hetero) is 1. The van der Waals surface area contributed by atoms with E-state index < -0.39 is 10.8 Å². The molecule has 2 aromatic rings. The number of hydrogen-bond acceptors (Lipinski definition) is 4. The average molecular weight is 413 g/mol. The Labute approximate surface area is 174 Å². The normalized spacial score (nSPS) is 11.4. The van der Waals surface area contributed by atoms with Gasteiger partial charge in [-0.15, -0.1) is 0 Å². The Balaban J connectivity index is 2.18. The van der Waals surface area contributed by atoms with Crippen LogP contribution in [0.3, 0.4) is 0 Å². The highest BCUT2D eigenvalue weighted by Gasteiger charge is 2.12. The summed E-state index contributed by atoms with van der Waals surface area (Å²) in [6.07, 6.45) is 6.33. The van der Waals surface area contributed by atoms with Crippen molar-refractivity contribution in [3.63, 3.8) is 0 Å². The Morgan fingerprint density at radius 1 is 1.07 bits per heavy atom. The van der Waals surface area contributed by atoms with Gasteiger partial charge in [-0.05, 0) is 54.0 Å². The van der Waals surface area contributed by atoms with Crippen LogP contribution < -0.4 is 5.32 Å². The van der Waals surface area contributed by atoms with Gasteiger partial charge in [-0.3, -0.25) is 19.7 Å². The number of carbonyl (C=O) groups is 2. The summed E-state index contributed by atoms with van der Waals surface area (Å²) >= 11 is 5.84. The Morgan fingerprint density at radius 2 is 1.69 bits per heavy atom. The molecule has 2 rings (SSSR count). The molecular formula is C22H21ClN2O4. The number of nitrogens with one attached hydrogen (secondary N) is 1. The van der Waals surface area contributed by atoms with Crippen molar-refractivity contribution in [1.29, 1.82) is 0 Å². The van der Waals surface area contributed by atoms with Crippen LogP contribution in [0.25, 0.3) is 12.2 Å². The first kappa shape index (κ1) is 22.0. The maximum atomic E-state index is 12.5. The fourth-order valence-corrected chi connectivity index (χ4v) is 2.56. The lowest BCUT2D eigenvalue weighted by Gasteiger charge is -2.08. The Kier molecular flexibility index (Phi) is 8.30. The molecule has 29 heavy (non-hydrogen) atoms. The van der Waals surface area contributed by atoms with Crippen LogP contribution in [-0.4, -0.2) is 16.6 Å². The molecule has 0 aliphatic rings. The van der Waals surface area contributed by atoms with Crippen molar-refractivity contribution in [1.82, 2.24) is 5.32 Å². The van der Waals surface area contributed by atoms with Gasteiger partial charge in [0.1, 0.15) is 0 Å². The number of unbranched alkanes of at least 4 members (excludes halogenated alkanes) is 1. The maximum absolute atomic E-state index is 12.5. The zero-order valence-corrected chi connectivity index (χ0v) is 16.7. The van der Waals surface area contributed by atoms with Crippen LogP contribution in [0.2, 0.25) is 5.02 Å². The lowest BCUT2D eigenvalue weighted by molar-refractivity contribution is -0.384. The van der Waals surface area contributed by atoms with Crippen LogP contribution in [0.1, 0.15) is 37.3 Å². The topological polar surface area (TPSA) is 89.3 Å². The SMILES string of the molecule is CCCCC(=O)/C(=C/c1ccc([N+](=O)[O-])cc1)NC(=O)/C=C/c1ccc(Cl)cc1. The van der Waals surface area contributed by atoms with Gasteiger partial charge in [0.25, 0.3) is 5.69 Å². The van der Waals surface area contributed by atoms with Gasteiger partial charge in [0, 0.05) is 29.7 Å². The highest BCUT2D eigenvalue weighted by molar-refractivity contribution is 6.30. The van der Waals surface area contributed by atoms with Gasteiger partial charge in [-0.1, -0.05) is 37.1 Å². The Bertz CT molecular complexity index is 932. The van der Waals surface area contributed by atoms with Gasteiger partial charge in [0.15, 0.2) is 5.78 Å². The number of nitro benzene ring substituents is 1. The van der Waals surface area contributed by atoms with Gasteiger partial charge in [0.2, 0.25) is 5.91 Å². The summed E-state index contributed by atoms with van der Waals surface area (Å²) in [6, 6.07) is 12.7. The molecule has 2 aromatic carbocycles. The van der Waals surface area contributed by atoms with Gasteiger partial charge < -0.3 is 5.32 Å². The molecule has 0 heterocycles. The van der Waals surface area contributed by atoms with Crippen molar-refractivity contribution in [3.05, 3.63) is 86.6 Å². The summed E-state index contributed by atoms with van der Waals surface area (Å²) < 4.78 is 0. The summed E-state index contributed by atoms with van der Waals surface area (Å²) in [5, 5.41) is 14.0. The van der Waals surface area contributed by atoms with E-state index in [0.717, 1.165) is 12.0 Å². The number of nitro groups is 1. The minimum atomic E-state index is -0.496. The average Bonchev–Trinajstić information content (AvgIpc) is 2.71. The number of allylic oxidation sites excluding steroid dienone is 1. The maximum Gasteiger partial charge on any atom is 0.269 e. The van der Waals surface area contributed by atoms with Crippen LogP contribution in [0.15, 0.2) is 60.3 Å². The summed E-state index contributed by atoms with van der Waals surface area (Å²) in [5.74, 6) is -0.642. The molecule has 0 bridgehead atoms. The number of carbonyl (C=O) groups excluding carboxylic acids is 2. The van der Waals surface area contributed by atoms with Crippen LogP contribution in [0.5, 0.6) is 0 Å². The molecule has 0 unspecified atom stereocenters. The van der Waals surface area contributed by atoms with Crippen molar-refractivity contribution in [3.8, 4) is 0 Å². The van der Waals surface area contributed by atoms with Gasteiger partial charge in [0.05, 0.1) is 10.6 Å². The first-order valence-corrected chi connectivity index (χ1v) is 9.51. The van der Waals surface area contributed by atoms with Crippen molar-refractivity contribution in [2.75, 3.05) is 0 Å². The van der Waals surface area contributed by atoms with Crippen LogP contribution >= 0.6 is 11.6 Å². The molecule has 0 spiro atoms. The Hall–Kier alpha value is -3.25. The third-order valence-electron chi connectivity index (χ3n) is 4.03. The first-order chi connectivity index (χ1) is 13.9. The zero-order valence-electron chi connectivity index (χ0n) is 15.9. The van der Waals surface area contributed by atoms with Gasteiger partial charge in [-0.2, -0.15) is 0 Å². The third kappa shape index (κ3) is 7.35. The highest BCUT2D eigenvalue weighted by atomic mass is 35.5. The van der Waals surface area contributed by atoms with E-state index in [2.05, 4.69) is 5.32 Å². The minimum absolute atomic E-state index is 0.0454. The van der Waals surface area contributed by atoms with Crippen LogP contribution in [0.4, 0.5) is 5.69 Å². The smallest absolute Gasteiger partial charge is 0.269 e. The molecule has 0 atom stereocenters. The molecule has 0 saturated carbocycles. The van der Waals surface area contributed by atoms with Crippen LogP contribution in [-0.2, 0) is 9.59 Å². The van der Waals surface area contributed by atoms with Gasteiger partial charge >= 0.3 is 0 Å². The van der Waals surface area contributed by atoms with Crippen molar-refractivity contribution >= 4 is 41.1 Å². The van der Waals surface area contributed by atoms with Crippen LogP contribution in [0, 0.1) is 10.1 Å². The molecule has 1 N–H and O–H groups in total. The third-order valence-corrected chi connectivity index (χ3v) is 4.28. The molecule has 0 aliphatic heterocycles. The van der Waals surface area contributed by atoms with E-state index in [9.17, 15) is 19.7 Å². The monoisotopic (exact) mass is 412 g/mol. The van der Waals surface area contributed by atoms with E-state index >= 15 is 0 Å². The fraction of sp³-hybridized carbons (Fsp3) is 0.182. The number of halogens is 1. The van der Waals surface area contributed by atoms with Crippen molar-refractivity contribution < 1.29 is 14.5 Å². The fourth-order valence-electron chi connectivity index (χ4n) is 2.44. The second kappa shape index (κ2) is 10.9. The second-order valence-electron chi connectivity index (χ2n) is 6.31. The first-order valence-electron chi connectivity index (χ1n) is 9.13. The number of nitrogens with zero attached hydrogens (tertiary/aromatic N) is 1. The van der Waals surface area contributed by atoms with E-state index in [-0.39, 0.29) is 17.2 Å². The number of ketones is 1. The molecule has 0 aliphatic carbocycles. The summed E-state index contributed by atoms with van der Waals surface area (Å²) in [6.45, 7) is 1.97. The molecule has 0 aromatic heterocycles. The number of rotatable bonds is 9. The Morgan fingerprint density at radius 3 is 2.28 bits per heavy atom. The predicted molar refractivity (Wildman–Crippen MR) is 114 cm³/mol. The van der Waals surface area contributed by atoms with Crippen molar-refractivity contribution in [2.24, 2.45) is 0 Å². The predicted octanol–water partition coefficient (Wildman–Crippen LogP) is 5.18. The quantitative estimate of drug-likeness (QED) is 0.349. The lowest BCUT2D eigenvalue weighted by atomic mass is 10.1. The second-order valence-corrected chi connectivity index (χ2v) is 6.74. The lowest BCUT2D eigenvalue weighted by Crippen LogP contribution is -2.25. The minimum Gasteiger partial charge on any atom is -0.319 e. The zero-order chi connectivity index (χ0) is 21.2. The molecule has 0 radical (unpaired) electrons. The van der Waals surface area contributed by atoms with E-state index in [1.165, 1.54) is 36.4 Å². The van der Waals surface area contributed by atoms with E-state index in [4.69, 9.17) is 11.6 Å². The number of amides is 1. The van der Waals surface area contributed by atoms with E-state index in [1.54, 1.807) is 30.3 Å². The number of hydrogen-bond donors (Lipinski definition) is 1. The van der Waals surface area contributed by atoms with Gasteiger partial charge in [-0.25, -0.2) is 0 Å². The molecule has 0 saturated heterocycles. The summed E-state index contributed by atoms with van der Waals surface area (Å²) in [7, 11) is 0. The standard InChI is InChI=1S/C22H21ClN2O4/c1-2-3-4-21(26)20(15-17-7-12-19(13-8-17)25(28)29)24-22(27)14-9-16-5-10-18(23)11-6-16/h5-15H,2-4H2,1H3,(H,24,27)/b14-9+,20-15-.